The Morgan fingerprint density at radius 3 is 1.34 bits per heavy atom. The highest BCUT2D eigenvalue weighted by molar-refractivity contribution is 7.89. The Balaban J connectivity index is 0.000000156. The highest BCUT2D eigenvalue weighted by atomic mass is 35.5. The van der Waals surface area contributed by atoms with E-state index in [0.29, 0.717) is 38.4 Å². The molecule has 4 aliphatic rings. The number of H-pyrrole nitrogens is 3. The second-order valence-corrected chi connectivity index (χ2v) is 61.5. The molecule has 4 aliphatic heterocycles. The molecule has 16 heterocycles. The van der Waals surface area contributed by atoms with E-state index in [4.69, 9.17) is 40.8 Å². The van der Waals surface area contributed by atoms with Crippen molar-refractivity contribution in [2.45, 2.75) is 208 Å². The molecule has 4 N–H and O–H groups in total. The van der Waals surface area contributed by atoms with Gasteiger partial charge in [-0.3, -0.25) is 19.6 Å². The van der Waals surface area contributed by atoms with Crippen molar-refractivity contribution in [3.05, 3.63) is 139 Å². The fourth-order valence-electron chi connectivity index (χ4n) is 14.5. The van der Waals surface area contributed by atoms with E-state index in [-0.39, 0.29) is 74.5 Å². The molecule has 130 heavy (non-hydrogen) atoms. The molecule has 45 heteroatoms. The van der Waals surface area contributed by atoms with Gasteiger partial charge < -0.3 is 42.8 Å². The van der Waals surface area contributed by atoms with Crippen molar-refractivity contribution in [3.8, 4) is 52.0 Å². The summed E-state index contributed by atoms with van der Waals surface area (Å²) in [6.07, 6.45) is 22.9. The number of nitriles is 3. The van der Waals surface area contributed by atoms with E-state index in [1.165, 1.54) is 50.1 Å². The number of hydrogen-bond acceptors (Lipinski definition) is 26. The minimum Gasteiger partial charge on any atom is -0.411 e. The van der Waals surface area contributed by atoms with E-state index in [1.54, 1.807) is 48.9 Å². The van der Waals surface area contributed by atoms with Crippen LogP contribution in [-0.4, -0.2) is 255 Å². The van der Waals surface area contributed by atoms with Gasteiger partial charge in [0.15, 0.2) is 0 Å². The van der Waals surface area contributed by atoms with E-state index in [2.05, 4.69) is 174 Å². The van der Waals surface area contributed by atoms with Crippen molar-refractivity contribution < 1.29 is 44.1 Å². The largest absolute Gasteiger partial charge is 0.420 e. The Kier molecular flexibility index (Phi) is 32.1. The first-order valence-corrected chi connectivity index (χ1v) is 59.5. The molecular weight excluding hydrogens is 1790 g/mol. The second kappa shape index (κ2) is 41.5. The number of aromatic nitrogens is 20. The van der Waals surface area contributed by atoms with E-state index >= 15 is 0 Å². The second-order valence-electron chi connectivity index (χ2n) is 37.5. The Morgan fingerprint density at radius 1 is 0.531 bits per heavy atom. The van der Waals surface area contributed by atoms with Gasteiger partial charge in [0.25, 0.3) is 0 Å². The van der Waals surface area contributed by atoms with Gasteiger partial charge in [0.2, 0.25) is 30.1 Å². The summed E-state index contributed by atoms with van der Waals surface area (Å²) < 4.78 is 108. The van der Waals surface area contributed by atoms with Crippen molar-refractivity contribution in [2.75, 3.05) is 76.3 Å². The molecule has 0 radical (unpaired) electrons. The topological polar surface area (TPSA) is 459 Å². The fraction of sp³-hybridized carbons (Fsp3) is 0.518. The molecule has 16 rings (SSSR count). The normalized spacial score (nSPS) is 16.1. The molecule has 4 fully saturated rings. The van der Waals surface area contributed by atoms with Crippen LogP contribution >= 0.6 is 11.6 Å². The number of rotatable bonds is 29. The number of allylic oxidation sites excluding steroid dienone is 1. The molecule has 37 nitrogen and oxygen atoms in total. The number of nitrogens with zero attached hydrogens (tertiary/aromatic N) is 23. The molecule has 0 amide bonds. The summed E-state index contributed by atoms with van der Waals surface area (Å²) in [5.74, 6) is 0.217. The summed E-state index contributed by atoms with van der Waals surface area (Å²) in [6, 6.07) is 17.6. The molecule has 0 saturated carbocycles. The highest BCUT2D eigenvalue weighted by Gasteiger charge is 2.53. The summed E-state index contributed by atoms with van der Waals surface area (Å²) >= 11 is 5.99. The van der Waals surface area contributed by atoms with Crippen LogP contribution in [0.1, 0.15) is 84.1 Å². The molecule has 12 aromatic rings. The first kappa shape index (κ1) is 101. The van der Waals surface area contributed by atoms with E-state index in [9.17, 15) is 35.8 Å². The molecule has 0 spiro atoms. The average molecular weight is 1910 g/mol. The van der Waals surface area contributed by atoms with Gasteiger partial charge in [0.05, 0.1) is 94.0 Å². The van der Waals surface area contributed by atoms with E-state index in [0.717, 1.165) is 138 Å². The monoisotopic (exact) mass is 1910 g/mol. The number of ether oxygens (including phenoxy) is 3. The predicted octanol–water partition coefficient (Wildman–Crippen LogP) is 12.1. The summed E-state index contributed by atoms with van der Waals surface area (Å²) in [5, 5.41) is 57.9. The molecule has 0 bridgehead atoms. The predicted molar refractivity (Wildman–Crippen MR) is 512 cm³/mol. The zero-order chi connectivity index (χ0) is 94.7. The third-order valence-corrected chi connectivity index (χ3v) is 34.3. The molecule has 696 valence electrons. The van der Waals surface area contributed by atoms with Gasteiger partial charge >= 0.3 is 7.05 Å². The average Bonchev–Trinajstić information content (AvgIpc) is 1.51. The third-order valence-electron chi connectivity index (χ3n) is 23.6. The smallest absolute Gasteiger partial charge is 0.411 e. The molecule has 12 aromatic heterocycles. The Bertz CT molecular complexity index is 6440. The highest BCUT2D eigenvalue weighted by Crippen LogP contribution is 2.40. The lowest BCUT2D eigenvalue weighted by Gasteiger charge is -2.47. The van der Waals surface area contributed by atoms with E-state index in [1.807, 2.05) is 109 Å². The Labute approximate surface area is 769 Å². The number of sulfonamides is 3. The lowest BCUT2D eigenvalue weighted by Crippen LogP contribution is -2.64. The first-order chi connectivity index (χ1) is 61.3. The maximum atomic E-state index is 12.3. The summed E-state index contributed by atoms with van der Waals surface area (Å²) in [4.78, 5) is 37.7. The molecule has 0 unspecified atom stereocenters. The van der Waals surface area contributed by atoms with Crippen LogP contribution in [0.4, 0.5) is 0 Å². The number of hydrogen-bond donors (Lipinski definition) is 4. The molecule has 4 saturated heterocycles. The molecule has 0 aromatic carbocycles. The van der Waals surface area contributed by atoms with Crippen LogP contribution in [0.3, 0.4) is 0 Å². The van der Waals surface area contributed by atoms with Crippen molar-refractivity contribution in [1.82, 2.24) is 117 Å². The minimum absolute atomic E-state index is 0.0385. The standard InChI is InChI=1S/C23H33N7O3SSi.C17H19N7O2S.C16H23N5OSi.C12H18ClN3OSi.C10H18BN3O.C7H10N2O2S/c1-6-34(31,32)29-14-23(15-29,8-9-24)30-13-20(18(2)27-30)21-19-7-10-28(22(19)26-16-25-21)17-33-11-12-35(3,4)5;1-3-27(25,26)23-9-17(10-23,5-6-18)24-8-14(12(2)22-24)15-13-4-7-19-16(13)21-11-20-15;1-12-14(9-19-20-12)15-13-5-6-21(16(13)18-10-17-15)11-22-7-8-23(2,3)4;1-18(2,3)7-6-17-9-16-5-4-10-11(13)14-8-15-12(10)16;1-7-8(6-12-13-7)11-14-9(2,3)10(4,5)15-11;1-2-12(10,11)9-5-7(6-9)3-4-8/h7,10,13,16H,6,8,11-12,14-15,17H2,1-5H3;4,7-8,11H,3,5,9-10H2,1-2H3,(H,19,20,21);5-6,9-10H,7-8,11H2,1-4H3,(H,19,20);4-5,8H,6-7,9H2,1-3H3;6,14H,1-5H3,(H,12,13);3H,2,5-6H2,1H3. The van der Waals surface area contributed by atoms with Gasteiger partial charge in [-0.1, -0.05) is 70.5 Å². The number of fused-ring (bicyclic) bond motifs is 4. The van der Waals surface area contributed by atoms with Crippen LogP contribution in [0, 0.1) is 61.7 Å². The first-order valence-electron chi connectivity index (χ1n) is 43.2. The summed E-state index contributed by atoms with van der Waals surface area (Å²) in [7, 11) is -12.9. The van der Waals surface area contributed by atoms with Crippen molar-refractivity contribution in [2.24, 2.45) is 0 Å². The van der Waals surface area contributed by atoms with Crippen LogP contribution in [-0.2, 0) is 80.2 Å². The maximum absolute atomic E-state index is 12.3. The molecule has 0 atom stereocenters. The summed E-state index contributed by atoms with van der Waals surface area (Å²) in [5.41, 5.74) is 12.4. The summed E-state index contributed by atoms with van der Waals surface area (Å²) in [6.45, 7) is 47.8. The van der Waals surface area contributed by atoms with Crippen LogP contribution in [0.5, 0.6) is 0 Å². The number of nitrogens with one attached hydrogen (secondary N) is 4. The van der Waals surface area contributed by atoms with Gasteiger partial charge in [-0.05, 0) is 124 Å². The van der Waals surface area contributed by atoms with Gasteiger partial charge in [-0.15, -0.1) is 0 Å². The zero-order valence-electron chi connectivity index (χ0n) is 78.0. The maximum Gasteiger partial charge on any atom is 0.420 e. The van der Waals surface area contributed by atoms with Crippen LogP contribution in [0.2, 0.25) is 82.2 Å². The van der Waals surface area contributed by atoms with Crippen molar-refractivity contribution >= 4 is 123 Å². The number of aryl methyl sites for hydroxylation is 4. The Morgan fingerprint density at radius 2 is 0.938 bits per heavy atom. The number of aromatic amines is 3. The van der Waals surface area contributed by atoms with Gasteiger partial charge in [0.1, 0.15) is 84.3 Å². The molecular formula is C85H121BClN27O10S3Si3. The third kappa shape index (κ3) is 23.9. The lowest BCUT2D eigenvalue weighted by molar-refractivity contribution is 0.0716. The van der Waals surface area contributed by atoms with Crippen LogP contribution < -0.4 is 10.7 Å². The zero-order valence-corrected chi connectivity index (χ0v) is 84.2. The SMILES string of the molecule is CCS(=O)(=O)N1CC(=CC#N)C1.CCS(=O)(=O)N1CC(CC#N)(n2cc(-c3ncnc4[nH]ccc34)c(C)n2)C1.CCS(=O)(=O)N1CC(CC#N)(n2cc(-c3ncnc4c3ccn4COCC[Si](C)(C)C)c(C)n2)C1.C[Si](C)(C)CCOCn1ccc2c(Cl)ncnc21.Cc1[nH]ncc1-c1ncnc2c1ccn2COCC[Si](C)(C)C.Cc1[nH]ncc1B1NC(C)(C)C(C)(C)O1. The van der Waals surface area contributed by atoms with Crippen LogP contribution in [0.15, 0.2) is 111 Å². The lowest BCUT2D eigenvalue weighted by atomic mass is 9.73. The van der Waals surface area contributed by atoms with Crippen molar-refractivity contribution in [3.63, 3.8) is 0 Å². The fourth-order valence-corrected chi connectivity index (χ4v) is 20.6. The Hall–Kier alpha value is -9.93. The van der Waals surface area contributed by atoms with Crippen LogP contribution in [0.25, 0.3) is 77.9 Å². The molecule has 0 aliphatic carbocycles. The number of halogens is 1. The van der Waals surface area contributed by atoms with Gasteiger partial charge in [0, 0.05) is 188 Å². The van der Waals surface area contributed by atoms with E-state index < -0.39 is 65.4 Å². The minimum atomic E-state index is -3.31. The quantitative estimate of drug-likeness (QED) is 0.0146. The van der Waals surface area contributed by atoms with Gasteiger partial charge in [-0.25, -0.2) is 65.1 Å². The van der Waals surface area contributed by atoms with Crippen molar-refractivity contribution in [1.29, 1.82) is 15.8 Å². The van der Waals surface area contributed by atoms with Gasteiger partial charge in [-0.2, -0.15) is 49.1 Å².